The molecule has 3 aromatic carbocycles. The molecule has 0 unspecified atom stereocenters. The van der Waals surface area contributed by atoms with Gasteiger partial charge in [0.25, 0.3) is 5.91 Å². The minimum atomic E-state index is -0.747. The molecule has 0 atom stereocenters. The van der Waals surface area contributed by atoms with E-state index in [1.807, 2.05) is 0 Å². The van der Waals surface area contributed by atoms with Gasteiger partial charge in [0.05, 0.1) is 10.0 Å². The number of carbonyl (C=O) groups is 1. The van der Waals surface area contributed by atoms with Gasteiger partial charge in [0.1, 0.15) is 28.7 Å². The van der Waals surface area contributed by atoms with Crippen molar-refractivity contribution in [2.24, 2.45) is 0 Å². The Morgan fingerprint density at radius 1 is 0.944 bits per heavy atom. The lowest BCUT2D eigenvalue weighted by molar-refractivity contribution is 0.0950. The van der Waals surface area contributed by atoms with E-state index < -0.39 is 23.0 Å². The maximum absolute atomic E-state index is 13.9. The van der Waals surface area contributed by atoms with Crippen LogP contribution >= 0.6 is 23.2 Å². The summed E-state index contributed by atoms with van der Waals surface area (Å²) >= 11 is 12.3. The van der Waals surface area contributed by atoms with Gasteiger partial charge >= 0.3 is 0 Å². The Morgan fingerprint density at radius 3 is 2.33 bits per heavy atom. The largest absolute Gasteiger partial charge is 0.506 e. The first-order valence-corrected chi connectivity index (χ1v) is 11.4. The zero-order valence-electron chi connectivity index (χ0n) is 18.2. The number of halogens is 4. The molecule has 0 fully saturated rings. The van der Waals surface area contributed by atoms with Crippen LogP contribution in [0.2, 0.25) is 10.0 Å². The number of nitrogens with one attached hydrogen (secondary N) is 1. The number of hydrogen-bond acceptors (Lipinski definition) is 4. The maximum atomic E-state index is 13.9. The minimum absolute atomic E-state index is 0.000417. The number of phenols is 1. The molecule has 2 aliphatic rings. The summed E-state index contributed by atoms with van der Waals surface area (Å²) in [5.74, 6) is -1.95. The molecule has 5 rings (SSSR count). The second kappa shape index (κ2) is 9.26. The van der Waals surface area contributed by atoms with Crippen molar-refractivity contribution in [1.29, 1.82) is 0 Å². The number of amides is 1. The third-order valence-electron chi connectivity index (χ3n) is 5.76. The van der Waals surface area contributed by atoms with Gasteiger partial charge in [-0.25, -0.2) is 8.78 Å². The highest BCUT2D eigenvalue weighted by Crippen LogP contribution is 2.43. The number of rotatable bonds is 4. The first-order chi connectivity index (χ1) is 17.2. The monoisotopic (exact) mass is 525 g/mol. The summed E-state index contributed by atoms with van der Waals surface area (Å²) in [6.45, 7) is -0.313. The Balaban J connectivity index is 1.55. The molecule has 180 valence electrons. The Bertz CT molecular complexity index is 1660. The van der Waals surface area contributed by atoms with Crippen molar-refractivity contribution < 1.29 is 23.1 Å². The van der Waals surface area contributed by atoms with E-state index in [1.54, 1.807) is 24.3 Å². The number of aromatic hydroxyl groups is 1. The fourth-order valence-corrected chi connectivity index (χ4v) is 4.30. The SMILES string of the molecule is O=C(NCc1c(F)cccc1F)c1ccc(-c2c3cc(Cl)c(=O)cc-3oc3cc(O)c(Cl)cc23)cc1. The third kappa shape index (κ3) is 4.27. The molecule has 0 aromatic heterocycles. The van der Waals surface area contributed by atoms with Crippen molar-refractivity contribution in [3.05, 3.63) is 110 Å². The number of carbonyl (C=O) groups excluding carboxylic acids is 1. The smallest absolute Gasteiger partial charge is 0.251 e. The molecule has 0 saturated heterocycles. The van der Waals surface area contributed by atoms with Crippen molar-refractivity contribution >= 4 is 40.1 Å². The van der Waals surface area contributed by atoms with E-state index in [0.29, 0.717) is 22.1 Å². The second-order valence-corrected chi connectivity index (χ2v) is 8.83. The minimum Gasteiger partial charge on any atom is -0.506 e. The topological polar surface area (TPSA) is 79.5 Å². The van der Waals surface area contributed by atoms with Crippen LogP contribution in [0.25, 0.3) is 33.4 Å². The van der Waals surface area contributed by atoms with Crippen molar-refractivity contribution in [2.75, 3.05) is 0 Å². The summed E-state index contributed by atoms with van der Waals surface area (Å²) in [6, 6.07) is 15.6. The van der Waals surface area contributed by atoms with Crippen LogP contribution in [0.4, 0.5) is 8.78 Å². The average Bonchev–Trinajstić information content (AvgIpc) is 2.84. The van der Waals surface area contributed by atoms with Gasteiger partial charge in [-0.3, -0.25) is 9.59 Å². The van der Waals surface area contributed by atoms with Crippen molar-refractivity contribution in [3.63, 3.8) is 0 Å². The second-order valence-electron chi connectivity index (χ2n) is 8.02. The van der Waals surface area contributed by atoms with Crippen molar-refractivity contribution in [2.45, 2.75) is 6.54 Å². The van der Waals surface area contributed by atoms with Crippen LogP contribution in [0.5, 0.6) is 5.75 Å². The van der Waals surface area contributed by atoms with E-state index in [9.17, 15) is 23.5 Å². The summed E-state index contributed by atoms with van der Waals surface area (Å²) in [7, 11) is 0. The molecule has 1 amide bonds. The standard InChI is InChI=1S/C27H15Cl2F2NO4/c28-18-8-15-24(10-22(18)33)36-25-11-23(34)19(29)9-16(25)26(15)13-4-6-14(7-5-13)27(35)32-12-17-20(30)2-1-3-21(17)31/h1-11,33H,12H2,(H,32,35). The summed E-state index contributed by atoms with van der Waals surface area (Å²) in [6.07, 6.45) is 0. The van der Waals surface area contributed by atoms with E-state index in [4.69, 9.17) is 27.6 Å². The summed E-state index contributed by atoms with van der Waals surface area (Å²) in [4.78, 5) is 24.7. The van der Waals surface area contributed by atoms with Gasteiger partial charge in [0.15, 0.2) is 0 Å². The molecule has 9 heteroatoms. The van der Waals surface area contributed by atoms with Crippen LogP contribution in [0.3, 0.4) is 0 Å². The van der Waals surface area contributed by atoms with Crippen LogP contribution < -0.4 is 10.7 Å². The molecule has 0 radical (unpaired) electrons. The third-order valence-corrected chi connectivity index (χ3v) is 6.36. The van der Waals surface area contributed by atoms with Gasteiger partial charge < -0.3 is 14.8 Å². The Kier molecular flexibility index (Phi) is 6.12. The molecule has 0 saturated carbocycles. The molecule has 36 heavy (non-hydrogen) atoms. The summed E-state index contributed by atoms with van der Waals surface area (Å²) in [5.41, 5.74) is 1.69. The van der Waals surface area contributed by atoms with E-state index >= 15 is 0 Å². The first-order valence-electron chi connectivity index (χ1n) is 10.6. The van der Waals surface area contributed by atoms with Gasteiger partial charge in [0.2, 0.25) is 5.43 Å². The van der Waals surface area contributed by atoms with Gasteiger partial charge in [-0.2, -0.15) is 0 Å². The van der Waals surface area contributed by atoms with Crippen LogP contribution in [0, 0.1) is 11.6 Å². The molecule has 3 aromatic rings. The van der Waals surface area contributed by atoms with Crippen LogP contribution in [0.1, 0.15) is 15.9 Å². The van der Waals surface area contributed by atoms with Crippen molar-refractivity contribution in [1.82, 2.24) is 5.32 Å². The number of fused-ring (bicyclic) bond motifs is 2. The number of phenolic OH excluding ortho intramolecular Hbond substituents is 1. The Labute approximate surface area is 212 Å². The predicted molar refractivity (Wildman–Crippen MR) is 134 cm³/mol. The zero-order valence-corrected chi connectivity index (χ0v) is 19.8. The van der Waals surface area contributed by atoms with E-state index in [1.165, 1.54) is 30.3 Å². The van der Waals surface area contributed by atoms with Crippen LogP contribution in [0.15, 0.2) is 75.9 Å². The van der Waals surface area contributed by atoms with Gasteiger partial charge in [0, 0.05) is 46.3 Å². The normalized spacial score (nSPS) is 11.2. The highest BCUT2D eigenvalue weighted by Gasteiger charge is 2.21. The summed E-state index contributed by atoms with van der Waals surface area (Å²) < 4.78 is 33.5. The lowest BCUT2D eigenvalue weighted by Crippen LogP contribution is -2.23. The quantitative estimate of drug-likeness (QED) is 0.253. The maximum Gasteiger partial charge on any atom is 0.251 e. The predicted octanol–water partition coefficient (Wildman–Crippen LogP) is 6.79. The molecule has 1 heterocycles. The van der Waals surface area contributed by atoms with Gasteiger partial charge in [-0.15, -0.1) is 0 Å². The van der Waals surface area contributed by atoms with E-state index in [0.717, 1.165) is 12.1 Å². The van der Waals surface area contributed by atoms with Gasteiger partial charge in [-0.05, 0) is 42.0 Å². The molecular weight excluding hydrogens is 511 g/mol. The lowest BCUT2D eigenvalue weighted by Gasteiger charge is -2.16. The highest BCUT2D eigenvalue weighted by atomic mass is 35.5. The number of hydrogen-bond donors (Lipinski definition) is 2. The molecule has 5 nitrogen and oxygen atoms in total. The molecule has 2 N–H and O–H groups in total. The van der Waals surface area contributed by atoms with Crippen molar-refractivity contribution in [3.8, 4) is 28.2 Å². The first kappa shape index (κ1) is 23.8. The van der Waals surface area contributed by atoms with Gasteiger partial charge in [-0.1, -0.05) is 41.4 Å². The van der Waals surface area contributed by atoms with E-state index in [2.05, 4.69) is 5.32 Å². The molecule has 1 aliphatic heterocycles. The lowest BCUT2D eigenvalue weighted by atomic mass is 9.93. The van der Waals surface area contributed by atoms with Crippen LogP contribution in [-0.2, 0) is 6.54 Å². The summed E-state index contributed by atoms with van der Waals surface area (Å²) in [5, 5.41) is 13.2. The Hall–Kier alpha value is -3.94. The molecule has 0 spiro atoms. The number of benzene rings is 4. The molecular formula is C27H15Cl2F2NO4. The fraction of sp³-hybridized carbons (Fsp3) is 0.0370. The van der Waals surface area contributed by atoms with E-state index in [-0.39, 0.29) is 44.8 Å². The van der Waals surface area contributed by atoms with Crippen LogP contribution in [-0.4, -0.2) is 11.0 Å². The average molecular weight is 526 g/mol. The zero-order chi connectivity index (χ0) is 25.6. The fourth-order valence-electron chi connectivity index (χ4n) is 3.97. The Morgan fingerprint density at radius 2 is 1.64 bits per heavy atom. The molecule has 1 aliphatic carbocycles. The highest BCUT2D eigenvalue weighted by molar-refractivity contribution is 6.33. The molecule has 0 bridgehead atoms.